The number of halogens is 3. The van der Waals surface area contributed by atoms with Crippen molar-refractivity contribution in [2.45, 2.75) is 38.0 Å². The first kappa shape index (κ1) is 18.0. The topological polar surface area (TPSA) is 71.5 Å². The molecule has 2 amide bonds. The first-order valence-corrected chi connectivity index (χ1v) is 7.48. The summed E-state index contributed by atoms with van der Waals surface area (Å²) in [4.78, 5) is 29.1. The van der Waals surface area contributed by atoms with E-state index in [0.717, 1.165) is 10.5 Å². The van der Waals surface area contributed by atoms with Gasteiger partial charge in [0.2, 0.25) is 5.91 Å². The number of carbonyl (C=O) groups is 2. The minimum absolute atomic E-state index is 0.193. The molecule has 0 aromatic carbocycles. The first-order chi connectivity index (χ1) is 11.3. The summed E-state index contributed by atoms with van der Waals surface area (Å²) in [6.07, 6.45) is -1.62. The Kier molecular flexibility index (Phi) is 5.63. The van der Waals surface area contributed by atoms with Gasteiger partial charge in [-0.25, -0.2) is 4.79 Å². The normalized spacial score (nSPS) is 19.0. The van der Waals surface area contributed by atoms with Crippen LogP contribution in [-0.2, 0) is 9.53 Å². The van der Waals surface area contributed by atoms with E-state index in [1.54, 1.807) is 31.5 Å². The maximum Gasteiger partial charge on any atom is 0.422 e. The van der Waals surface area contributed by atoms with E-state index in [9.17, 15) is 22.8 Å². The highest BCUT2D eigenvalue weighted by molar-refractivity contribution is 5.86. The molecule has 0 aliphatic carbocycles. The van der Waals surface area contributed by atoms with Gasteiger partial charge in [-0.05, 0) is 37.5 Å². The predicted octanol–water partition coefficient (Wildman–Crippen LogP) is 2.42. The number of hydrogen-bond acceptors (Lipinski definition) is 4. The molecule has 1 fully saturated rings. The summed E-state index contributed by atoms with van der Waals surface area (Å²) in [5.74, 6) is -0.416. The Morgan fingerprint density at radius 2 is 2.08 bits per heavy atom. The van der Waals surface area contributed by atoms with Gasteiger partial charge in [0.1, 0.15) is 6.04 Å². The van der Waals surface area contributed by atoms with E-state index in [0.29, 0.717) is 12.8 Å². The van der Waals surface area contributed by atoms with Gasteiger partial charge in [-0.1, -0.05) is 0 Å². The van der Waals surface area contributed by atoms with Crippen molar-refractivity contribution in [2.24, 2.45) is 0 Å². The van der Waals surface area contributed by atoms with Crippen LogP contribution < -0.4 is 5.32 Å². The van der Waals surface area contributed by atoms with E-state index in [1.165, 1.54) is 0 Å². The van der Waals surface area contributed by atoms with Crippen molar-refractivity contribution < 1.29 is 27.5 Å². The van der Waals surface area contributed by atoms with Crippen LogP contribution in [0.5, 0.6) is 0 Å². The molecule has 9 heteroatoms. The van der Waals surface area contributed by atoms with Crippen molar-refractivity contribution in [3.63, 3.8) is 0 Å². The number of ether oxygens (including phenoxy) is 1. The Bertz CT molecular complexity index is 580. The van der Waals surface area contributed by atoms with Crippen LogP contribution in [0.25, 0.3) is 0 Å². The number of aromatic nitrogens is 1. The average molecular weight is 345 g/mol. The molecule has 6 nitrogen and oxygen atoms in total. The van der Waals surface area contributed by atoms with Crippen LogP contribution in [0.15, 0.2) is 24.5 Å². The molecular formula is C15H18F3N3O3. The van der Waals surface area contributed by atoms with Gasteiger partial charge in [-0.2, -0.15) is 13.2 Å². The van der Waals surface area contributed by atoms with Gasteiger partial charge in [0.05, 0.1) is 6.04 Å². The number of pyridine rings is 1. The summed E-state index contributed by atoms with van der Waals surface area (Å²) in [7, 11) is 0. The van der Waals surface area contributed by atoms with Crippen LogP contribution in [0.1, 0.15) is 31.4 Å². The SMILES string of the molecule is C[C@H](NC(=O)[C@H]1CCCN1C(=O)OCC(F)(F)F)c1ccncc1. The first-order valence-electron chi connectivity index (χ1n) is 7.48. The molecule has 0 unspecified atom stereocenters. The zero-order valence-corrected chi connectivity index (χ0v) is 13.0. The van der Waals surface area contributed by atoms with Crippen LogP contribution in [0.3, 0.4) is 0 Å². The van der Waals surface area contributed by atoms with E-state index >= 15 is 0 Å². The molecule has 0 spiro atoms. The van der Waals surface area contributed by atoms with Gasteiger partial charge in [-0.15, -0.1) is 0 Å². The number of nitrogens with zero attached hydrogens (tertiary/aromatic N) is 2. The molecule has 1 aliphatic heterocycles. The summed E-state index contributed by atoms with van der Waals surface area (Å²) >= 11 is 0. The summed E-state index contributed by atoms with van der Waals surface area (Å²) < 4.78 is 40.6. The van der Waals surface area contributed by atoms with Gasteiger partial charge < -0.3 is 10.1 Å². The quantitative estimate of drug-likeness (QED) is 0.910. The number of carbonyl (C=O) groups excluding carboxylic acids is 2. The monoisotopic (exact) mass is 345 g/mol. The van der Waals surface area contributed by atoms with E-state index in [2.05, 4.69) is 15.0 Å². The summed E-state index contributed by atoms with van der Waals surface area (Å²) in [6.45, 7) is 0.303. The lowest BCUT2D eigenvalue weighted by Crippen LogP contribution is -2.47. The predicted molar refractivity (Wildman–Crippen MR) is 77.9 cm³/mol. The van der Waals surface area contributed by atoms with Crippen LogP contribution in [0.4, 0.5) is 18.0 Å². The Labute approximate surface area is 137 Å². The second kappa shape index (κ2) is 7.50. The number of hydrogen-bond donors (Lipinski definition) is 1. The van der Waals surface area contributed by atoms with Crippen LogP contribution in [-0.4, -0.2) is 47.3 Å². The molecule has 2 atom stereocenters. The molecule has 1 aliphatic rings. The minimum atomic E-state index is -4.59. The Morgan fingerprint density at radius 1 is 1.42 bits per heavy atom. The number of rotatable bonds is 4. The van der Waals surface area contributed by atoms with Crippen molar-refractivity contribution in [1.82, 2.24) is 15.2 Å². The van der Waals surface area contributed by atoms with Gasteiger partial charge in [-0.3, -0.25) is 14.7 Å². The Morgan fingerprint density at radius 3 is 2.71 bits per heavy atom. The fourth-order valence-electron chi connectivity index (χ4n) is 2.53. The van der Waals surface area contributed by atoms with Crippen molar-refractivity contribution in [1.29, 1.82) is 0 Å². The molecule has 1 N–H and O–H groups in total. The van der Waals surface area contributed by atoms with Crippen molar-refractivity contribution >= 4 is 12.0 Å². The van der Waals surface area contributed by atoms with Crippen LogP contribution in [0.2, 0.25) is 0 Å². The number of nitrogens with one attached hydrogen (secondary N) is 1. The molecule has 1 saturated heterocycles. The largest absolute Gasteiger partial charge is 0.440 e. The van der Waals surface area contributed by atoms with Gasteiger partial charge in [0, 0.05) is 18.9 Å². The lowest BCUT2D eigenvalue weighted by atomic mass is 10.1. The molecule has 0 saturated carbocycles. The van der Waals surface area contributed by atoms with Gasteiger partial charge in [0.15, 0.2) is 6.61 Å². The minimum Gasteiger partial charge on any atom is -0.440 e. The van der Waals surface area contributed by atoms with E-state index in [-0.39, 0.29) is 12.6 Å². The average Bonchev–Trinajstić information content (AvgIpc) is 3.02. The zero-order chi connectivity index (χ0) is 17.7. The Balaban J connectivity index is 1.94. The Hall–Kier alpha value is -2.32. The smallest absolute Gasteiger partial charge is 0.422 e. The molecule has 24 heavy (non-hydrogen) atoms. The highest BCUT2D eigenvalue weighted by atomic mass is 19.4. The number of amides is 2. The molecule has 0 bridgehead atoms. The van der Waals surface area contributed by atoms with Gasteiger partial charge >= 0.3 is 12.3 Å². The molecule has 2 rings (SSSR count). The second-order valence-electron chi connectivity index (χ2n) is 5.53. The lowest BCUT2D eigenvalue weighted by molar-refractivity contribution is -0.162. The van der Waals surface area contributed by atoms with Crippen LogP contribution in [0, 0.1) is 0 Å². The second-order valence-corrected chi connectivity index (χ2v) is 5.53. The maximum absolute atomic E-state index is 12.3. The molecule has 2 heterocycles. The highest BCUT2D eigenvalue weighted by Gasteiger charge is 2.37. The van der Waals surface area contributed by atoms with E-state index in [4.69, 9.17) is 0 Å². The third-order valence-corrected chi connectivity index (χ3v) is 3.71. The molecule has 0 radical (unpaired) electrons. The summed E-state index contributed by atoms with van der Waals surface area (Å²) in [5.41, 5.74) is 0.836. The van der Waals surface area contributed by atoms with E-state index < -0.39 is 30.8 Å². The third-order valence-electron chi connectivity index (χ3n) is 3.71. The maximum atomic E-state index is 12.3. The molecule has 1 aromatic heterocycles. The van der Waals surface area contributed by atoms with E-state index in [1.807, 2.05) is 0 Å². The number of alkyl halides is 3. The summed E-state index contributed by atoms with van der Waals surface area (Å²) in [6, 6.07) is 2.35. The van der Waals surface area contributed by atoms with Crippen molar-refractivity contribution in [3.05, 3.63) is 30.1 Å². The fourth-order valence-corrected chi connectivity index (χ4v) is 2.53. The standard InChI is InChI=1S/C15H18F3N3O3/c1-10(11-4-6-19-7-5-11)20-13(22)12-3-2-8-21(12)14(23)24-9-15(16,17)18/h4-7,10,12H,2-3,8-9H2,1H3,(H,20,22)/t10-,12+/m0/s1. The lowest BCUT2D eigenvalue weighted by Gasteiger charge is -2.25. The fraction of sp³-hybridized carbons (Fsp3) is 0.533. The van der Waals surface area contributed by atoms with Crippen molar-refractivity contribution in [2.75, 3.05) is 13.2 Å². The summed E-state index contributed by atoms with van der Waals surface area (Å²) in [5, 5.41) is 2.76. The zero-order valence-electron chi connectivity index (χ0n) is 13.0. The molecule has 132 valence electrons. The number of likely N-dealkylation sites (tertiary alicyclic amines) is 1. The molecule has 1 aromatic rings. The highest BCUT2D eigenvalue weighted by Crippen LogP contribution is 2.22. The van der Waals surface area contributed by atoms with Crippen molar-refractivity contribution in [3.8, 4) is 0 Å². The third kappa shape index (κ3) is 4.84. The van der Waals surface area contributed by atoms with Crippen LogP contribution >= 0.6 is 0 Å². The van der Waals surface area contributed by atoms with Gasteiger partial charge in [0.25, 0.3) is 0 Å². The molecular weight excluding hydrogens is 327 g/mol.